The molecule has 9 heteroatoms. The highest BCUT2D eigenvalue weighted by Gasteiger charge is 2.34. The van der Waals surface area contributed by atoms with E-state index in [1.165, 1.54) is 6.20 Å². The first kappa shape index (κ1) is 26.2. The van der Waals surface area contributed by atoms with Crippen LogP contribution in [0.25, 0.3) is 10.9 Å². The van der Waals surface area contributed by atoms with Gasteiger partial charge in [-0.15, -0.1) is 0 Å². The van der Waals surface area contributed by atoms with Gasteiger partial charge < -0.3 is 20.9 Å². The summed E-state index contributed by atoms with van der Waals surface area (Å²) in [6.07, 6.45) is 7.24. The van der Waals surface area contributed by atoms with Gasteiger partial charge in [0.05, 0.1) is 29.5 Å². The van der Waals surface area contributed by atoms with Crippen LogP contribution in [0.4, 0.5) is 11.5 Å². The van der Waals surface area contributed by atoms with Crippen molar-refractivity contribution >= 4 is 34.2 Å². The minimum Gasteiger partial charge on any atom is -0.383 e. The van der Waals surface area contributed by atoms with Crippen molar-refractivity contribution in [3.63, 3.8) is 0 Å². The van der Waals surface area contributed by atoms with E-state index >= 15 is 0 Å². The third kappa shape index (κ3) is 5.38. The minimum atomic E-state index is -0.654. The van der Waals surface area contributed by atoms with E-state index in [4.69, 9.17) is 10.8 Å². The fourth-order valence-electron chi connectivity index (χ4n) is 6.13. The molecule has 2 aromatic heterocycles. The maximum atomic E-state index is 13.4. The first-order chi connectivity index (χ1) is 18.2. The third-order valence-corrected chi connectivity index (χ3v) is 8.04. The van der Waals surface area contributed by atoms with Crippen LogP contribution in [-0.4, -0.2) is 63.1 Å². The SMILES string of the molecule is CCc1cc(NC(=O)C(=O)N2C[C@@H](C)CC[C@@H]2c2ccc3cn(C4CC(C)CN(C)C4)nc3c2)cnc1N. The van der Waals surface area contributed by atoms with Crippen LogP contribution in [0.5, 0.6) is 0 Å². The molecular formula is C29H39N7O2. The lowest BCUT2D eigenvalue weighted by Crippen LogP contribution is -2.46. The molecule has 5 rings (SSSR count). The van der Waals surface area contributed by atoms with Gasteiger partial charge in [0.1, 0.15) is 5.82 Å². The second-order valence-corrected chi connectivity index (χ2v) is 11.4. The average molecular weight is 518 g/mol. The number of fused-ring (bicyclic) bond motifs is 1. The number of nitrogens with one attached hydrogen (secondary N) is 1. The summed E-state index contributed by atoms with van der Waals surface area (Å²) < 4.78 is 2.12. The Labute approximate surface area is 224 Å². The van der Waals surface area contributed by atoms with Crippen molar-refractivity contribution in [1.29, 1.82) is 0 Å². The number of piperidine rings is 2. The highest BCUT2D eigenvalue weighted by Crippen LogP contribution is 2.35. The molecule has 0 spiro atoms. The number of carbonyl (C=O) groups excluding carboxylic acids is 2. The Bertz CT molecular complexity index is 1330. The zero-order chi connectivity index (χ0) is 27.0. The number of hydrogen-bond donors (Lipinski definition) is 2. The van der Waals surface area contributed by atoms with Gasteiger partial charge in [-0.3, -0.25) is 14.3 Å². The molecule has 2 aliphatic heterocycles. The van der Waals surface area contributed by atoms with Crippen molar-refractivity contribution in [1.82, 2.24) is 24.6 Å². The number of nitrogens with zero attached hydrogens (tertiary/aromatic N) is 5. The number of likely N-dealkylation sites (N-methyl/N-ethyl adjacent to an activating group) is 1. The number of hydrogen-bond acceptors (Lipinski definition) is 6. The maximum absolute atomic E-state index is 13.4. The lowest BCUT2D eigenvalue weighted by molar-refractivity contribution is -0.146. The van der Waals surface area contributed by atoms with E-state index in [-0.39, 0.29) is 6.04 Å². The normalized spacial score (nSPS) is 24.5. The smallest absolute Gasteiger partial charge is 0.313 e. The summed E-state index contributed by atoms with van der Waals surface area (Å²) in [7, 11) is 2.17. The molecule has 2 unspecified atom stereocenters. The Morgan fingerprint density at radius 2 is 1.92 bits per heavy atom. The Balaban J connectivity index is 1.37. The monoisotopic (exact) mass is 517 g/mol. The van der Waals surface area contributed by atoms with Crippen LogP contribution in [-0.2, 0) is 16.0 Å². The van der Waals surface area contributed by atoms with Crippen molar-refractivity contribution in [2.24, 2.45) is 11.8 Å². The van der Waals surface area contributed by atoms with E-state index in [0.29, 0.717) is 42.3 Å². The molecule has 202 valence electrons. The molecule has 0 bridgehead atoms. The zero-order valence-electron chi connectivity index (χ0n) is 22.9. The first-order valence-corrected chi connectivity index (χ1v) is 13.8. The maximum Gasteiger partial charge on any atom is 0.313 e. The van der Waals surface area contributed by atoms with Crippen molar-refractivity contribution in [3.05, 3.63) is 47.8 Å². The molecule has 1 aromatic carbocycles. The number of aromatic nitrogens is 3. The average Bonchev–Trinajstić information content (AvgIpc) is 3.32. The molecule has 4 heterocycles. The second-order valence-electron chi connectivity index (χ2n) is 11.4. The molecule has 9 nitrogen and oxygen atoms in total. The van der Waals surface area contributed by atoms with Crippen molar-refractivity contribution < 1.29 is 9.59 Å². The van der Waals surface area contributed by atoms with Gasteiger partial charge >= 0.3 is 11.8 Å². The minimum absolute atomic E-state index is 0.171. The molecule has 2 fully saturated rings. The number of pyridine rings is 1. The van der Waals surface area contributed by atoms with Crippen LogP contribution >= 0.6 is 0 Å². The predicted octanol–water partition coefficient (Wildman–Crippen LogP) is 4.03. The molecular weight excluding hydrogens is 478 g/mol. The van der Waals surface area contributed by atoms with Crippen LogP contribution in [0.1, 0.15) is 63.2 Å². The molecule has 4 atom stereocenters. The standard InChI is InChI=1S/C29H39N7O2/c1-5-20-11-23(13-31-27(20)30)32-28(37)29(38)35-15-18(2)6-9-26(35)21-7-8-22-16-36(33-25(22)12-21)24-10-19(3)14-34(4)17-24/h7-8,11-13,16,18-19,24,26H,5-6,9-10,14-15,17H2,1-4H3,(H2,30,31)(H,32,37)/t18-,19?,24?,26+/m0/s1. The number of carbonyl (C=O) groups is 2. The summed E-state index contributed by atoms with van der Waals surface area (Å²) in [5.41, 5.74) is 9.16. The number of nitrogens with two attached hydrogens (primary N) is 1. The van der Waals surface area contributed by atoms with E-state index in [1.54, 1.807) is 11.0 Å². The molecule has 3 aromatic rings. The van der Waals surface area contributed by atoms with Crippen molar-refractivity contribution in [2.45, 2.75) is 58.5 Å². The fourth-order valence-corrected chi connectivity index (χ4v) is 6.13. The molecule has 0 aliphatic carbocycles. The molecule has 3 N–H and O–H groups in total. The van der Waals surface area contributed by atoms with Gasteiger partial charge in [-0.05, 0) is 67.8 Å². The van der Waals surface area contributed by atoms with Gasteiger partial charge in [0.25, 0.3) is 0 Å². The lowest BCUT2D eigenvalue weighted by Gasteiger charge is -2.38. The van der Waals surface area contributed by atoms with Gasteiger partial charge in [-0.2, -0.15) is 5.10 Å². The number of amides is 2. The lowest BCUT2D eigenvalue weighted by atomic mass is 9.89. The van der Waals surface area contributed by atoms with Gasteiger partial charge in [-0.25, -0.2) is 4.98 Å². The van der Waals surface area contributed by atoms with E-state index in [9.17, 15) is 9.59 Å². The highest BCUT2D eigenvalue weighted by atomic mass is 16.2. The van der Waals surface area contributed by atoms with Crippen LogP contribution in [0.15, 0.2) is 36.7 Å². The number of likely N-dealkylation sites (tertiary alicyclic amines) is 2. The number of rotatable bonds is 4. The largest absolute Gasteiger partial charge is 0.383 e. The fraction of sp³-hybridized carbons (Fsp3) is 0.517. The first-order valence-electron chi connectivity index (χ1n) is 13.8. The summed E-state index contributed by atoms with van der Waals surface area (Å²) in [5.74, 6) is 0.208. The van der Waals surface area contributed by atoms with E-state index in [0.717, 1.165) is 54.4 Å². The van der Waals surface area contributed by atoms with Crippen LogP contribution in [0, 0.1) is 11.8 Å². The summed E-state index contributed by atoms with van der Waals surface area (Å²) in [5, 5.41) is 8.78. The Kier molecular flexibility index (Phi) is 7.38. The highest BCUT2D eigenvalue weighted by molar-refractivity contribution is 6.39. The quantitative estimate of drug-likeness (QED) is 0.506. The Morgan fingerprint density at radius 1 is 1.11 bits per heavy atom. The second kappa shape index (κ2) is 10.7. The van der Waals surface area contributed by atoms with E-state index < -0.39 is 11.8 Å². The Hall–Kier alpha value is -3.46. The van der Waals surface area contributed by atoms with Crippen molar-refractivity contribution in [3.8, 4) is 0 Å². The van der Waals surface area contributed by atoms with Crippen LogP contribution < -0.4 is 11.1 Å². The van der Waals surface area contributed by atoms with Gasteiger partial charge in [0.15, 0.2) is 0 Å². The summed E-state index contributed by atoms with van der Waals surface area (Å²) in [6, 6.07) is 8.23. The van der Waals surface area contributed by atoms with Gasteiger partial charge in [0, 0.05) is 31.2 Å². The number of aryl methyl sites for hydroxylation is 1. The Morgan fingerprint density at radius 3 is 2.68 bits per heavy atom. The number of anilines is 2. The molecule has 2 aliphatic rings. The van der Waals surface area contributed by atoms with Crippen molar-refractivity contribution in [2.75, 3.05) is 37.7 Å². The van der Waals surface area contributed by atoms with E-state index in [2.05, 4.69) is 65.2 Å². The summed E-state index contributed by atoms with van der Waals surface area (Å²) >= 11 is 0. The summed E-state index contributed by atoms with van der Waals surface area (Å²) in [6.45, 7) is 9.04. The number of benzene rings is 1. The molecule has 38 heavy (non-hydrogen) atoms. The summed E-state index contributed by atoms with van der Waals surface area (Å²) in [4.78, 5) is 34.7. The topological polar surface area (TPSA) is 109 Å². The van der Waals surface area contributed by atoms with Gasteiger partial charge in [0.2, 0.25) is 0 Å². The van der Waals surface area contributed by atoms with Crippen LogP contribution in [0.3, 0.4) is 0 Å². The molecule has 2 amide bonds. The zero-order valence-corrected chi connectivity index (χ0v) is 22.9. The molecule has 0 saturated carbocycles. The molecule has 0 radical (unpaired) electrons. The van der Waals surface area contributed by atoms with Crippen LogP contribution in [0.2, 0.25) is 0 Å². The third-order valence-electron chi connectivity index (χ3n) is 8.04. The van der Waals surface area contributed by atoms with Gasteiger partial charge in [-0.1, -0.05) is 32.9 Å². The number of nitrogen functional groups attached to an aromatic ring is 1. The molecule has 2 saturated heterocycles. The predicted molar refractivity (Wildman–Crippen MR) is 150 cm³/mol. The van der Waals surface area contributed by atoms with E-state index in [1.807, 2.05) is 6.92 Å².